The van der Waals surface area contributed by atoms with Gasteiger partial charge in [0.2, 0.25) is 0 Å². The van der Waals surface area contributed by atoms with Crippen LogP contribution in [0.1, 0.15) is 70.9 Å². The van der Waals surface area contributed by atoms with Crippen molar-refractivity contribution in [2.75, 3.05) is 12.3 Å². The minimum Gasteiger partial charge on any atom is -0.397 e. The molecule has 5 heteroatoms. The van der Waals surface area contributed by atoms with Crippen molar-refractivity contribution in [2.24, 2.45) is 0 Å². The van der Waals surface area contributed by atoms with Gasteiger partial charge in [-0.1, -0.05) is 42.0 Å². The average Bonchev–Trinajstić information content (AvgIpc) is 3.14. The van der Waals surface area contributed by atoms with E-state index in [0.29, 0.717) is 23.0 Å². The van der Waals surface area contributed by atoms with Crippen LogP contribution in [0.4, 0.5) is 5.69 Å². The fraction of sp³-hybridized carbons (Fsp3) is 0.385. The first-order valence-electron chi connectivity index (χ1n) is 11.4. The number of fused-ring (bicyclic) bond motifs is 2. The maximum Gasteiger partial charge on any atom is 0.263 e. The lowest BCUT2D eigenvalue weighted by Crippen LogP contribution is -2.24. The molecule has 1 amide bonds. The number of amides is 1. The zero-order valence-corrected chi connectivity index (χ0v) is 18.6. The number of allylic oxidation sites excluding steroid dienone is 1. The first kappa shape index (κ1) is 20.3. The Hall–Kier alpha value is -2.66. The Labute approximate surface area is 187 Å². The molecule has 160 valence electrons. The number of pyridine rings is 1. The predicted molar refractivity (Wildman–Crippen MR) is 129 cm³/mol. The zero-order valence-electron chi connectivity index (χ0n) is 17.8. The van der Waals surface area contributed by atoms with E-state index in [2.05, 4.69) is 47.8 Å². The highest BCUT2D eigenvalue weighted by atomic mass is 32.1. The maximum atomic E-state index is 12.8. The number of nitrogen functional groups attached to an aromatic ring is 1. The van der Waals surface area contributed by atoms with Crippen molar-refractivity contribution in [1.29, 1.82) is 0 Å². The van der Waals surface area contributed by atoms with E-state index in [0.717, 1.165) is 41.6 Å². The molecule has 0 saturated heterocycles. The largest absolute Gasteiger partial charge is 0.397 e. The van der Waals surface area contributed by atoms with Gasteiger partial charge in [0.1, 0.15) is 9.71 Å². The molecule has 2 aliphatic carbocycles. The van der Waals surface area contributed by atoms with E-state index in [4.69, 9.17) is 10.7 Å². The van der Waals surface area contributed by atoms with E-state index >= 15 is 0 Å². The highest BCUT2D eigenvalue weighted by Crippen LogP contribution is 2.38. The number of hydrogen-bond acceptors (Lipinski definition) is 4. The van der Waals surface area contributed by atoms with Crippen molar-refractivity contribution in [3.8, 4) is 0 Å². The normalized spacial score (nSPS) is 18.5. The van der Waals surface area contributed by atoms with E-state index in [1.807, 2.05) is 0 Å². The van der Waals surface area contributed by atoms with Crippen molar-refractivity contribution >= 4 is 33.1 Å². The third-order valence-electron chi connectivity index (χ3n) is 6.68. The van der Waals surface area contributed by atoms with E-state index in [1.165, 1.54) is 53.7 Å². The second kappa shape index (κ2) is 8.83. The van der Waals surface area contributed by atoms with Gasteiger partial charge in [-0.15, -0.1) is 11.3 Å². The summed E-state index contributed by atoms with van der Waals surface area (Å²) in [6, 6.07) is 12.9. The molecule has 31 heavy (non-hydrogen) atoms. The molecule has 1 atom stereocenters. The van der Waals surface area contributed by atoms with Crippen LogP contribution in [0.3, 0.4) is 0 Å². The molecular weight excluding hydrogens is 402 g/mol. The van der Waals surface area contributed by atoms with Gasteiger partial charge in [-0.25, -0.2) is 4.98 Å². The minimum absolute atomic E-state index is 0.0722. The van der Waals surface area contributed by atoms with Crippen molar-refractivity contribution < 1.29 is 4.79 Å². The Morgan fingerprint density at radius 3 is 2.87 bits per heavy atom. The Balaban J connectivity index is 1.33. The fourth-order valence-electron chi connectivity index (χ4n) is 4.92. The Morgan fingerprint density at radius 1 is 1.19 bits per heavy atom. The van der Waals surface area contributed by atoms with E-state index in [1.54, 1.807) is 0 Å². The molecule has 0 aliphatic heterocycles. The molecule has 4 nitrogen and oxygen atoms in total. The summed E-state index contributed by atoms with van der Waals surface area (Å²) in [6.07, 6.45) is 11.2. The maximum absolute atomic E-state index is 12.8. The highest BCUT2D eigenvalue weighted by Gasteiger charge is 2.24. The molecule has 2 aromatic heterocycles. The molecule has 3 N–H and O–H groups in total. The van der Waals surface area contributed by atoms with Crippen LogP contribution in [0, 0.1) is 0 Å². The van der Waals surface area contributed by atoms with Gasteiger partial charge in [-0.05, 0) is 74.5 Å². The van der Waals surface area contributed by atoms with Crippen LogP contribution in [-0.2, 0) is 12.8 Å². The number of carbonyl (C=O) groups is 1. The van der Waals surface area contributed by atoms with Crippen LogP contribution < -0.4 is 11.1 Å². The SMILES string of the molecule is Nc1c(C(=O)NCCC2=CCCCC2)sc2nc3c(cc12)CC(c1ccccc1)CC3. The number of nitrogens with zero attached hydrogens (tertiary/aromatic N) is 1. The van der Waals surface area contributed by atoms with E-state index < -0.39 is 0 Å². The monoisotopic (exact) mass is 431 g/mol. The molecule has 3 aromatic rings. The number of nitrogens with one attached hydrogen (secondary N) is 1. The quantitative estimate of drug-likeness (QED) is 0.504. The summed E-state index contributed by atoms with van der Waals surface area (Å²) in [4.78, 5) is 19.2. The number of carbonyl (C=O) groups excluding carboxylic acids is 1. The number of anilines is 1. The van der Waals surface area contributed by atoms with Gasteiger partial charge < -0.3 is 11.1 Å². The van der Waals surface area contributed by atoms with Gasteiger partial charge in [0, 0.05) is 17.6 Å². The molecule has 0 fully saturated rings. The lowest BCUT2D eigenvalue weighted by molar-refractivity contribution is 0.0959. The second-order valence-electron chi connectivity index (χ2n) is 8.76. The Morgan fingerprint density at radius 2 is 2.06 bits per heavy atom. The summed E-state index contributed by atoms with van der Waals surface area (Å²) < 4.78 is 0. The average molecular weight is 432 g/mol. The molecular formula is C26H29N3OS. The number of hydrogen-bond donors (Lipinski definition) is 2. The van der Waals surface area contributed by atoms with Crippen molar-refractivity contribution in [3.63, 3.8) is 0 Å². The number of thiophene rings is 1. The topological polar surface area (TPSA) is 68.0 Å². The zero-order chi connectivity index (χ0) is 21.2. The standard InChI is InChI=1S/C26H29N3OS/c27-23-21-16-20-15-19(18-9-5-2-6-10-18)11-12-22(20)29-26(21)31-24(23)25(30)28-14-13-17-7-3-1-4-8-17/h2,5-7,9-10,16,19H,1,3-4,8,11-15,27H2,(H,28,30). The lowest BCUT2D eigenvalue weighted by Gasteiger charge is -2.24. The third kappa shape index (κ3) is 4.24. The summed E-state index contributed by atoms with van der Waals surface area (Å²) in [5, 5.41) is 4.00. The number of rotatable bonds is 5. The van der Waals surface area contributed by atoms with Crippen LogP contribution in [0.2, 0.25) is 0 Å². The minimum atomic E-state index is -0.0722. The summed E-state index contributed by atoms with van der Waals surface area (Å²) >= 11 is 1.43. The van der Waals surface area contributed by atoms with Crippen LogP contribution in [-0.4, -0.2) is 17.4 Å². The number of aromatic nitrogens is 1. The third-order valence-corrected chi connectivity index (χ3v) is 7.79. The van der Waals surface area contributed by atoms with Crippen molar-refractivity contribution in [3.05, 3.63) is 69.7 Å². The summed E-state index contributed by atoms with van der Waals surface area (Å²) in [5.41, 5.74) is 12.3. The molecule has 1 unspecified atom stereocenters. The van der Waals surface area contributed by atoms with Crippen LogP contribution in [0.15, 0.2) is 48.0 Å². The smallest absolute Gasteiger partial charge is 0.263 e. The van der Waals surface area contributed by atoms with E-state index in [-0.39, 0.29) is 5.91 Å². The Bertz CT molecular complexity index is 1130. The van der Waals surface area contributed by atoms with E-state index in [9.17, 15) is 4.79 Å². The van der Waals surface area contributed by atoms with Crippen LogP contribution >= 0.6 is 11.3 Å². The molecule has 0 bridgehead atoms. The highest BCUT2D eigenvalue weighted by molar-refractivity contribution is 7.21. The molecule has 2 aliphatic rings. The van der Waals surface area contributed by atoms with Crippen molar-refractivity contribution in [1.82, 2.24) is 10.3 Å². The Kier molecular flexibility index (Phi) is 5.77. The van der Waals surface area contributed by atoms with Gasteiger partial charge >= 0.3 is 0 Å². The summed E-state index contributed by atoms with van der Waals surface area (Å²) in [6.45, 7) is 0.668. The number of benzene rings is 1. The first-order valence-corrected chi connectivity index (χ1v) is 12.2. The number of aryl methyl sites for hydroxylation is 1. The van der Waals surface area contributed by atoms with Crippen LogP contribution in [0.5, 0.6) is 0 Å². The second-order valence-corrected chi connectivity index (χ2v) is 9.76. The van der Waals surface area contributed by atoms with Gasteiger partial charge in [0.05, 0.1) is 5.69 Å². The fourth-order valence-corrected chi connectivity index (χ4v) is 5.93. The summed E-state index contributed by atoms with van der Waals surface area (Å²) in [7, 11) is 0. The molecule has 0 saturated carbocycles. The summed E-state index contributed by atoms with van der Waals surface area (Å²) in [5.74, 6) is 0.446. The lowest BCUT2D eigenvalue weighted by atomic mass is 9.82. The van der Waals surface area contributed by atoms with Gasteiger partial charge in [-0.2, -0.15) is 0 Å². The molecule has 2 heterocycles. The van der Waals surface area contributed by atoms with Crippen LogP contribution in [0.25, 0.3) is 10.2 Å². The first-order chi connectivity index (χ1) is 15.2. The molecule has 0 spiro atoms. The number of nitrogens with two attached hydrogens (primary N) is 1. The van der Waals surface area contributed by atoms with Gasteiger partial charge in [-0.3, -0.25) is 4.79 Å². The van der Waals surface area contributed by atoms with Gasteiger partial charge in [0.25, 0.3) is 5.91 Å². The molecule has 1 aromatic carbocycles. The predicted octanol–water partition coefficient (Wildman–Crippen LogP) is 5.77. The van der Waals surface area contributed by atoms with Crippen molar-refractivity contribution in [2.45, 2.75) is 57.3 Å². The van der Waals surface area contributed by atoms with Gasteiger partial charge in [0.15, 0.2) is 0 Å². The molecule has 0 radical (unpaired) electrons. The molecule has 5 rings (SSSR count).